The van der Waals surface area contributed by atoms with E-state index in [2.05, 4.69) is 0 Å². The molecule has 3 atom stereocenters. The number of nitrogens with zero attached hydrogens (tertiary/aromatic N) is 2. The molecule has 1 aromatic heterocycles. The highest BCUT2D eigenvalue weighted by Gasteiger charge is 2.61. The number of rotatable bonds is 3. The SMILES string of the molecule is Cc1ccc(N2C(=O)[C@H]3[C@@H](ON(c4ccccc4C)[C@H]3c3ccco3)C2=O)cc1. The Morgan fingerprint density at radius 3 is 2.31 bits per heavy atom. The van der Waals surface area contributed by atoms with Crippen LogP contribution in [0.5, 0.6) is 0 Å². The normalized spacial score (nSPS) is 23.7. The van der Waals surface area contributed by atoms with Gasteiger partial charge in [-0.1, -0.05) is 35.9 Å². The van der Waals surface area contributed by atoms with E-state index < -0.39 is 18.1 Å². The zero-order valence-corrected chi connectivity index (χ0v) is 16.1. The topological polar surface area (TPSA) is 63.0 Å². The van der Waals surface area contributed by atoms with Gasteiger partial charge in [0.05, 0.1) is 17.6 Å². The first-order valence-corrected chi connectivity index (χ1v) is 9.56. The monoisotopic (exact) mass is 388 g/mol. The molecule has 2 saturated heterocycles. The third kappa shape index (κ3) is 2.68. The van der Waals surface area contributed by atoms with Crippen LogP contribution in [0.1, 0.15) is 22.9 Å². The van der Waals surface area contributed by atoms with Crippen LogP contribution >= 0.6 is 0 Å². The first kappa shape index (κ1) is 17.7. The first-order valence-electron chi connectivity index (χ1n) is 9.56. The number of hydroxylamine groups is 1. The minimum atomic E-state index is -0.890. The molecule has 6 nitrogen and oxygen atoms in total. The van der Waals surface area contributed by atoms with E-state index >= 15 is 0 Å². The summed E-state index contributed by atoms with van der Waals surface area (Å²) in [6.07, 6.45) is 0.677. The molecule has 2 aliphatic rings. The number of fused-ring (bicyclic) bond motifs is 1. The van der Waals surface area contributed by atoms with Crippen LogP contribution in [0.2, 0.25) is 0 Å². The number of carbonyl (C=O) groups excluding carboxylic acids is 2. The molecule has 0 aliphatic carbocycles. The van der Waals surface area contributed by atoms with Crippen LogP contribution in [0, 0.1) is 19.8 Å². The fraction of sp³-hybridized carbons (Fsp3) is 0.217. The van der Waals surface area contributed by atoms with E-state index in [9.17, 15) is 9.59 Å². The van der Waals surface area contributed by atoms with E-state index in [1.807, 2.05) is 56.3 Å². The van der Waals surface area contributed by atoms with Gasteiger partial charge in [0.15, 0.2) is 6.10 Å². The minimum Gasteiger partial charge on any atom is -0.467 e. The van der Waals surface area contributed by atoms with Crippen molar-refractivity contribution in [2.75, 3.05) is 9.96 Å². The average Bonchev–Trinajstić information content (AvgIpc) is 3.41. The zero-order valence-electron chi connectivity index (χ0n) is 16.1. The molecule has 2 aliphatic heterocycles. The van der Waals surface area contributed by atoms with Crippen molar-refractivity contribution in [3.63, 3.8) is 0 Å². The van der Waals surface area contributed by atoms with E-state index in [1.54, 1.807) is 29.5 Å². The molecule has 2 aromatic carbocycles. The van der Waals surface area contributed by atoms with Gasteiger partial charge < -0.3 is 4.42 Å². The smallest absolute Gasteiger partial charge is 0.266 e. The summed E-state index contributed by atoms with van der Waals surface area (Å²) in [6.45, 7) is 3.93. The summed E-state index contributed by atoms with van der Waals surface area (Å²) in [4.78, 5) is 33.9. The molecule has 6 heteroatoms. The molecule has 146 valence electrons. The van der Waals surface area contributed by atoms with Crippen molar-refractivity contribution in [1.29, 1.82) is 0 Å². The number of amides is 2. The van der Waals surface area contributed by atoms with Crippen molar-refractivity contribution < 1.29 is 18.8 Å². The Labute approximate surface area is 168 Å². The first-order chi connectivity index (χ1) is 14.1. The van der Waals surface area contributed by atoms with Gasteiger partial charge in [0.25, 0.3) is 5.91 Å². The lowest BCUT2D eigenvalue weighted by Gasteiger charge is -2.28. The van der Waals surface area contributed by atoms with Crippen LogP contribution in [0.3, 0.4) is 0 Å². The van der Waals surface area contributed by atoms with Gasteiger partial charge in [0.1, 0.15) is 17.7 Å². The Bertz CT molecular complexity index is 1070. The number of benzene rings is 2. The lowest BCUT2D eigenvalue weighted by molar-refractivity contribution is -0.126. The van der Waals surface area contributed by atoms with Crippen molar-refractivity contribution in [3.05, 3.63) is 83.8 Å². The maximum atomic E-state index is 13.4. The Hall–Kier alpha value is -3.38. The maximum Gasteiger partial charge on any atom is 0.266 e. The van der Waals surface area contributed by atoms with Crippen LogP contribution in [0.4, 0.5) is 11.4 Å². The number of furan rings is 1. The van der Waals surface area contributed by atoms with Crippen molar-refractivity contribution in [3.8, 4) is 0 Å². The van der Waals surface area contributed by atoms with E-state index in [1.165, 1.54) is 4.90 Å². The average molecular weight is 388 g/mol. The summed E-state index contributed by atoms with van der Waals surface area (Å²) in [7, 11) is 0. The van der Waals surface area contributed by atoms with E-state index in [-0.39, 0.29) is 11.8 Å². The second-order valence-corrected chi connectivity index (χ2v) is 7.47. The highest BCUT2D eigenvalue weighted by Crippen LogP contribution is 2.48. The Morgan fingerprint density at radius 2 is 1.62 bits per heavy atom. The quantitative estimate of drug-likeness (QED) is 0.636. The summed E-state index contributed by atoms with van der Waals surface area (Å²) in [6, 6.07) is 18.1. The number of anilines is 2. The van der Waals surface area contributed by atoms with E-state index in [4.69, 9.17) is 9.25 Å². The van der Waals surface area contributed by atoms with Crippen LogP contribution in [-0.4, -0.2) is 17.9 Å². The van der Waals surface area contributed by atoms with Crippen LogP contribution in [0.25, 0.3) is 0 Å². The lowest BCUT2D eigenvalue weighted by atomic mass is 9.94. The van der Waals surface area contributed by atoms with E-state index in [0.717, 1.165) is 16.8 Å². The highest BCUT2D eigenvalue weighted by atomic mass is 16.7. The molecule has 2 fully saturated rings. The standard InChI is InChI=1S/C23H20N2O4/c1-14-9-11-16(12-10-14)24-22(26)19-20(18-8-5-13-28-18)25(29-21(19)23(24)27)17-7-4-3-6-15(17)2/h3-13,19-21H,1-2H3/t19-,20+,21-/m1/s1. The van der Waals surface area contributed by atoms with E-state index in [0.29, 0.717) is 11.4 Å². The van der Waals surface area contributed by atoms with Gasteiger partial charge in [-0.3, -0.25) is 14.4 Å². The van der Waals surface area contributed by atoms with Gasteiger partial charge in [-0.05, 0) is 49.7 Å². The fourth-order valence-corrected chi connectivity index (χ4v) is 4.13. The summed E-state index contributed by atoms with van der Waals surface area (Å²) < 4.78 is 5.65. The molecule has 0 N–H and O–H groups in total. The molecule has 3 heterocycles. The number of aryl methyl sites for hydroxylation is 2. The van der Waals surface area contributed by atoms with Gasteiger partial charge in [0.2, 0.25) is 5.91 Å². The van der Waals surface area contributed by atoms with Crippen molar-refractivity contribution in [2.24, 2.45) is 5.92 Å². The van der Waals surface area contributed by atoms with Crippen LogP contribution in [0.15, 0.2) is 71.3 Å². The largest absolute Gasteiger partial charge is 0.467 e. The molecule has 5 rings (SSSR count). The summed E-state index contributed by atoms with van der Waals surface area (Å²) >= 11 is 0. The van der Waals surface area contributed by atoms with Gasteiger partial charge in [0, 0.05) is 0 Å². The molecular formula is C23H20N2O4. The second kappa shape index (κ2) is 6.60. The number of para-hydroxylation sites is 1. The van der Waals surface area contributed by atoms with Crippen molar-refractivity contribution in [2.45, 2.75) is 26.0 Å². The molecule has 0 spiro atoms. The number of imide groups is 1. The molecule has 0 bridgehead atoms. The third-order valence-electron chi connectivity index (χ3n) is 5.60. The molecule has 2 amide bonds. The van der Waals surface area contributed by atoms with Gasteiger partial charge >= 0.3 is 0 Å². The van der Waals surface area contributed by atoms with Gasteiger partial charge in [-0.15, -0.1) is 0 Å². The molecular weight excluding hydrogens is 368 g/mol. The van der Waals surface area contributed by atoms with Gasteiger partial charge in [-0.25, -0.2) is 9.96 Å². The molecule has 0 radical (unpaired) electrons. The maximum absolute atomic E-state index is 13.4. The van der Waals surface area contributed by atoms with Crippen molar-refractivity contribution in [1.82, 2.24) is 0 Å². The Balaban J connectivity index is 1.58. The predicted molar refractivity (Wildman–Crippen MR) is 107 cm³/mol. The van der Waals surface area contributed by atoms with Crippen molar-refractivity contribution >= 4 is 23.2 Å². The number of hydrogen-bond acceptors (Lipinski definition) is 5. The summed E-state index contributed by atoms with van der Waals surface area (Å²) in [5.74, 6) is -0.722. The highest BCUT2D eigenvalue weighted by molar-refractivity contribution is 6.23. The second-order valence-electron chi connectivity index (χ2n) is 7.47. The Kier molecular flexibility index (Phi) is 4.03. The van der Waals surface area contributed by atoms with Crippen LogP contribution < -0.4 is 9.96 Å². The third-order valence-corrected chi connectivity index (χ3v) is 5.60. The number of hydrogen-bond donors (Lipinski definition) is 0. The zero-order chi connectivity index (χ0) is 20.1. The van der Waals surface area contributed by atoms with Crippen LogP contribution in [-0.2, 0) is 14.4 Å². The lowest BCUT2D eigenvalue weighted by Crippen LogP contribution is -2.37. The number of carbonyl (C=O) groups is 2. The molecule has 0 unspecified atom stereocenters. The Morgan fingerprint density at radius 1 is 0.862 bits per heavy atom. The molecule has 29 heavy (non-hydrogen) atoms. The minimum absolute atomic E-state index is 0.277. The fourth-order valence-electron chi connectivity index (χ4n) is 4.13. The molecule has 0 saturated carbocycles. The van der Waals surface area contributed by atoms with Gasteiger partial charge in [-0.2, -0.15) is 0 Å². The summed E-state index contributed by atoms with van der Waals surface area (Å²) in [5, 5.41) is 1.66. The summed E-state index contributed by atoms with van der Waals surface area (Å²) in [5.41, 5.74) is 3.41. The predicted octanol–water partition coefficient (Wildman–Crippen LogP) is 3.95. The molecule has 3 aromatic rings.